The summed E-state index contributed by atoms with van der Waals surface area (Å²) in [5.74, 6) is -1.12. The fourth-order valence-corrected chi connectivity index (χ4v) is 4.79. The molecule has 12 heteroatoms. The van der Waals surface area contributed by atoms with E-state index in [0.717, 1.165) is 5.56 Å². The number of Topliss-reactive ketones (excluding diaryl/α,β-unsaturated/α-hetero) is 1. The lowest BCUT2D eigenvalue weighted by Gasteiger charge is -2.33. The van der Waals surface area contributed by atoms with E-state index in [9.17, 15) is 27.6 Å². The Morgan fingerprint density at radius 2 is 1.19 bits per heavy atom. The van der Waals surface area contributed by atoms with E-state index in [1.54, 1.807) is 74.4 Å². The average molecular weight is 614 g/mol. The van der Waals surface area contributed by atoms with Crippen molar-refractivity contribution >= 4 is 34.1 Å². The molecule has 11 nitrogen and oxygen atoms in total. The van der Waals surface area contributed by atoms with Crippen LogP contribution in [0.3, 0.4) is 0 Å². The van der Waals surface area contributed by atoms with Crippen molar-refractivity contribution in [2.24, 2.45) is 0 Å². The molecule has 0 aliphatic heterocycles. The Kier molecular flexibility index (Phi) is 12.7. The third-order valence-electron chi connectivity index (χ3n) is 5.39. The third kappa shape index (κ3) is 13.8. The maximum Gasteiger partial charge on any atom is 0.420 e. The normalized spacial score (nSPS) is 14.0. The maximum absolute atomic E-state index is 13.1. The molecule has 2 atom stereocenters. The summed E-state index contributed by atoms with van der Waals surface area (Å²) < 4.78 is 47.9. The van der Waals surface area contributed by atoms with E-state index in [1.807, 2.05) is 6.92 Å². The van der Waals surface area contributed by atoms with Crippen molar-refractivity contribution in [1.29, 1.82) is 0 Å². The van der Waals surface area contributed by atoms with Crippen LogP contribution >= 0.6 is 0 Å². The molecular weight excluding hydrogens is 566 g/mol. The molecule has 0 aliphatic rings. The number of rotatable bonds is 11. The third-order valence-corrected chi connectivity index (χ3v) is 6.76. The number of imide groups is 1. The van der Waals surface area contributed by atoms with Gasteiger partial charge in [-0.3, -0.25) is 13.8 Å². The molecule has 1 aromatic carbocycles. The van der Waals surface area contributed by atoms with Crippen LogP contribution in [-0.4, -0.2) is 66.2 Å². The molecule has 0 aliphatic carbocycles. The number of benzene rings is 1. The lowest BCUT2D eigenvalue weighted by molar-refractivity contribution is -0.155. The fraction of sp³-hybridized carbons (Fsp3) is 0.667. The Hall–Kier alpha value is -2.99. The van der Waals surface area contributed by atoms with Crippen molar-refractivity contribution in [3.05, 3.63) is 29.8 Å². The number of hydrogen-bond donors (Lipinski definition) is 0. The molecule has 42 heavy (non-hydrogen) atoms. The zero-order valence-corrected chi connectivity index (χ0v) is 27.5. The van der Waals surface area contributed by atoms with Gasteiger partial charge in [0, 0.05) is 6.42 Å². The Morgan fingerprint density at radius 3 is 1.60 bits per heavy atom. The van der Waals surface area contributed by atoms with E-state index < -0.39 is 63.0 Å². The molecule has 0 N–H and O–H groups in total. The van der Waals surface area contributed by atoms with E-state index in [0.29, 0.717) is 4.90 Å². The Balaban J connectivity index is 3.35. The van der Waals surface area contributed by atoms with E-state index in [2.05, 4.69) is 0 Å². The highest BCUT2D eigenvalue weighted by Crippen LogP contribution is 2.25. The smallest absolute Gasteiger partial charge is 0.420 e. The number of esters is 1. The van der Waals surface area contributed by atoms with Crippen molar-refractivity contribution in [2.45, 2.75) is 136 Å². The van der Waals surface area contributed by atoms with Gasteiger partial charge in [-0.1, -0.05) is 17.7 Å². The minimum absolute atomic E-state index is 0.0660. The quantitative estimate of drug-likeness (QED) is 0.163. The summed E-state index contributed by atoms with van der Waals surface area (Å²) in [4.78, 5) is 52.0. The van der Waals surface area contributed by atoms with Gasteiger partial charge in [0.1, 0.15) is 22.8 Å². The highest BCUT2D eigenvalue weighted by atomic mass is 32.2. The van der Waals surface area contributed by atoms with Crippen molar-refractivity contribution in [3.8, 4) is 0 Å². The van der Waals surface area contributed by atoms with E-state index in [1.165, 1.54) is 19.1 Å². The van der Waals surface area contributed by atoms with Gasteiger partial charge in [0.15, 0.2) is 5.78 Å². The summed E-state index contributed by atoms with van der Waals surface area (Å²) in [6.45, 7) is 17.8. The van der Waals surface area contributed by atoms with Crippen LogP contribution < -0.4 is 0 Å². The number of nitrogens with zero attached hydrogens (tertiary/aromatic N) is 1. The molecule has 0 spiro atoms. The SMILES string of the molecule is CC(=O)C(CCC(CCC(=O)OC(C)(C)C)OS(=O)(=O)c1ccc(C)cc1)N(C(=O)OC(C)(C)C)C(=O)OC(C)(C)C. The van der Waals surface area contributed by atoms with Gasteiger partial charge in [0.25, 0.3) is 10.1 Å². The lowest BCUT2D eigenvalue weighted by Crippen LogP contribution is -2.51. The number of aryl methyl sites for hydroxylation is 1. The highest BCUT2D eigenvalue weighted by Gasteiger charge is 2.39. The summed E-state index contributed by atoms with van der Waals surface area (Å²) in [7, 11) is -4.26. The first-order valence-electron chi connectivity index (χ1n) is 13.9. The number of carbonyl (C=O) groups is 4. The summed E-state index contributed by atoms with van der Waals surface area (Å²) in [5, 5.41) is 0. The zero-order valence-electron chi connectivity index (χ0n) is 26.7. The van der Waals surface area contributed by atoms with E-state index >= 15 is 0 Å². The number of amides is 2. The minimum atomic E-state index is -4.26. The molecule has 0 fully saturated rings. The number of carbonyl (C=O) groups excluding carboxylic acids is 4. The standard InChI is InChI=1S/C30H47NO10S/c1-20-12-16-23(17-13-20)42(36,37)41-22(15-19-25(33)38-28(3,4)5)14-18-24(21(2)32)31(26(34)39-29(6,7)8)27(35)40-30(9,10)11/h12-13,16-17,22,24H,14-15,18-19H2,1-11H3. The van der Waals surface area contributed by atoms with Crippen LogP contribution in [0.4, 0.5) is 9.59 Å². The number of hydrogen-bond acceptors (Lipinski definition) is 10. The van der Waals surface area contributed by atoms with Crippen LogP contribution in [0.2, 0.25) is 0 Å². The summed E-state index contributed by atoms with van der Waals surface area (Å²) in [6.07, 6.45) is -3.80. The van der Waals surface area contributed by atoms with Crippen LogP contribution in [0.25, 0.3) is 0 Å². The molecular formula is C30H47NO10S. The fourth-order valence-electron chi connectivity index (χ4n) is 3.66. The second-order valence-corrected chi connectivity index (χ2v) is 14.7. The molecule has 0 aromatic heterocycles. The van der Waals surface area contributed by atoms with Gasteiger partial charge in [-0.05, 0) is 108 Å². The van der Waals surface area contributed by atoms with Gasteiger partial charge in [0.05, 0.1) is 11.0 Å². The van der Waals surface area contributed by atoms with Crippen LogP contribution in [0, 0.1) is 6.92 Å². The average Bonchev–Trinajstić information content (AvgIpc) is 2.76. The molecule has 1 rings (SSSR count). The molecule has 0 radical (unpaired) electrons. The van der Waals surface area contributed by atoms with Crippen LogP contribution in [0.5, 0.6) is 0 Å². The number of ketones is 1. The maximum atomic E-state index is 13.1. The molecule has 1 aromatic rings. The van der Waals surface area contributed by atoms with Crippen LogP contribution in [-0.2, 0) is 38.1 Å². The van der Waals surface area contributed by atoms with Gasteiger partial charge in [-0.15, -0.1) is 0 Å². The van der Waals surface area contributed by atoms with Gasteiger partial charge < -0.3 is 14.2 Å². The van der Waals surface area contributed by atoms with Gasteiger partial charge in [-0.25, -0.2) is 14.5 Å². The minimum Gasteiger partial charge on any atom is -0.460 e. The molecule has 0 saturated carbocycles. The lowest BCUT2D eigenvalue weighted by atomic mass is 10.0. The highest BCUT2D eigenvalue weighted by molar-refractivity contribution is 7.86. The first-order chi connectivity index (χ1) is 18.9. The molecule has 2 amide bonds. The van der Waals surface area contributed by atoms with Gasteiger partial charge in [0.2, 0.25) is 0 Å². The largest absolute Gasteiger partial charge is 0.460 e. The monoisotopic (exact) mass is 613 g/mol. The molecule has 0 saturated heterocycles. The van der Waals surface area contributed by atoms with Crippen molar-refractivity contribution < 1.29 is 46.0 Å². The first kappa shape index (κ1) is 37.0. The topological polar surface area (TPSA) is 143 Å². The Morgan fingerprint density at radius 1 is 0.738 bits per heavy atom. The predicted molar refractivity (Wildman–Crippen MR) is 156 cm³/mol. The van der Waals surface area contributed by atoms with Crippen LogP contribution in [0.15, 0.2) is 29.2 Å². The Labute approximate surface area is 250 Å². The number of ether oxygens (including phenoxy) is 3. The van der Waals surface area contributed by atoms with Crippen molar-refractivity contribution in [1.82, 2.24) is 4.90 Å². The second kappa shape index (κ2) is 14.5. The Bertz CT molecular complexity index is 1170. The van der Waals surface area contributed by atoms with E-state index in [4.69, 9.17) is 18.4 Å². The summed E-state index contributed by atoms with van der Waals surface area (Å²) in [5.41, 5.74) is -1.87. The zero-order chi connectivity index (χ0) is 32.7. The molecule has 2 unspecified atom stereocenters. The molecule has 0 heterocycles. The van der Waals surface area contributed by atoms with Crippen LogP contribution in [0.1, 0.15) is 100 Å². The van der Waals surface area contributed by atoms with Crippen molar-refractivity contribution in [3.63, 3.8) is 0 Å². The predicted octanol–water partition coefficient (Wildman–Crippen LogP) is 6.10. The second-order valence-electron chi connectivity index (χ2n) is 13.1. The summed E-state index contributed by atoms with van der Waals surface area (Å²) in [6, 6.07) is 4.69. The molecule has 0 bridgehead atoms. The summed E-state index contributed by atoms with van der Waals surface area (Å²) >= 11 is 0. The first-order valence-corrected chi connectivity index (χ1v) is 15.3. The van der Waals surface area contributed by atoms with Gasteiger partial charge >= 0.3 is 18.2 Å². The molecule has 238 valence electrons. The van der Waals surface area contributed by atoms with Crippen molar-refractivity contribution in [2.75, 3.05) is 0 Å². The van der Waals surface area contributed by atoms with Gasteiger partial charge in [-0.2, -0.15) is 8.42 Å². The van der Waals surface area contributed by atoms with E-state index in [-0.39, 0.29) is 30.6 Å².